The van der Waals surface area contributed by atoms with E-state index < -0.39 is 15.8 Å². The van der Waals surface area contributed by atoms with E-state index in [4.69, 9.17) is 0 Å². The van der Waals surface area contributed by atoms with Gasteiger partial charge in [0.1, 0.15) is 10.7 Å². The molecule has 0 unspecified atom stereocenters. The van der Waals surface area contributed by atoms with Crippen molar-refractivity contribution in [2.24, 2.45) is 11.8 Å². The third kappa shape index (κ3) is 2.49. The van der Waals surface area contributed by atoms with Crippen molar-refractivity contribution < 1.29 is 12.8 Å². The summed E-state index contributed by atoms with van der Waals surface area (Å²) in [6.07, 6.45) is 5.69. The highest BCUT2D eigenvalue weighted by Gasteiger charge is 2.37. The topological polar surface area (TPSA) is 37.4 Å². The Balaban J connectivity index is 1.84. The number of rotatable bonds is 2. The van der Waals surface area contributed by atoms with Crippen LogP contribution in [0.15, 0.2) is 29.2 Å². The van der Waals surface area contributed by atoms with Gasteiger partial charge in [-0.3, -0.25) is 0 Å². The summed E-state index contributed by atoms with van der Waals surface area (Å²) in [5.74, 6) is 0.466. The fourth-order valence-electron chi connectivity index (χ4n) is 3.58. The summed E-state index contributed by atoms with van der Waals surface area (Å²) in [7, 11) is -3.68. The van der Waals surface area contributed by atoms with Gasteiger partial charge < -0.3 is 0 Å². The molecule has 0 aromatic heterocycles. The molecule has 1 saturated carbocycles. The van der Waals surface area contributed by atoms with E-state index in [0.717, 1.165) is 12.8 Å². The summed E-state index contributed by atoms with van der Waals surface area (Å²) >= 11 is 0. The van der Waals surface area contributed by atoms with E-state index in [1.54, 1.807) is 6.07 Å². The van der Waals surface area contributed by atoms with Gasteiger partial charge in [0, 0.05) is 13.1 Å². The van der Waals surface area contributed by atoms with Crippen molar-refractivity contribution in [1.29, 1.82) is 0 Å². The first-order valence-corrected chi connectivity index (χ1v) is 8.78. The Morgan fingerprint density at radius 3 is 2.50 bits per heavy atom. The van der Waals surface area contributed by atoms with Crippen molar-refractivity contribution in [2.75, 3.05) is 13.1 Å². The van der Waals surface area contributed by atoms with Gasteiger partial charge in [0.2, 0.25) is 10.0 Å². The lowest BCUT2D eigenvalue weighted by molar-refractivity contribution is 0.136. The van der Waals surface area contributed by atoms with Gasteiger partial charge in [0.25, 0.3) is 0 Å². The number of hydrogen-bond acceptors (Lipinski definition) is 2. The second kappa shape index (κ2) is 5.45. The van der Waals surface area contributed by atoms with Crippen molar-refractivity contribution in [3.05, 3.63) is 30.1 Å². The fourth-order valence-corrected chi connectivity index (χ4v) is 5.16. The lowest BCUT2D eigenvalue weighted by Crippen LogP contribution is -2.44. The zero-order valence-electron chi connectivity index (χ0n) is 11.5. The lowest BCUT2D eigenvalue weighted by Gasteiger charge is -2.40. The minimum Gasteiger partial charge on any atom is -0.207 e. The standard InChI is InChI=1S/C15H20FNO2S/c16-14-7-3-4-8-15(14)20(18,19)17-10-9-12-5-1-2-6-13(12)11-17/h3-4,7-8,12-13H,1-2,5-6,9-11H2/t12-,13+/m0/s1. The monoisotopic (exact) mass is 297 g/mol. The van der Waals surface area contributed by atoms with Crippen LogP contribution in [0.5, 0.6) is 0 Å². The number of hydrogen-bond donors (Lipinski definition) is 0. The molecule has 5 heteroatoms. The Kier molecular flexibility index (Phi) is 3.82. The van der Waals surface area contributed by atoms with Crippen molar-refractivity contribution in [3.8, 4) is 0 Å². The van der Waals surface area contributed by atoms with Gasteiger partial charge in [-0.2, -0.15) is 4.31 Å². The quantitative estimate of drug-likeness (QED) is 0.841. The van der Waals surface area contributed by atoms with Gasteiger partial charge in [-0.1, -0.05) is 31.4 Å². The van der Waals surface area contributed by atoms with E-state index in [2.05, 4.69) is 0 Å². The SMILES string of the molecule is O=S(=O)(c1ccccc1F)N1CC[C@@H]2CCCC[C@@H]2C1. The molecule has 1 saturated heterocycles. The minimum absolute atomic E-state index is 0.186. The number of piperidine rings is 1. The van der Waals surface area contributed by atoms with E-state index in [1.807, 2.05) is 0 Å². The second-order valence-electron chi connectivity index (χ2n) is 5.89. The predicted molar refractivity (Wildman–Crippen MR) is 75.2 cm³/mol. The van der Waals surface area contributed by atoms with Crippen LogP contribution in [0.1, 0.15) is 32.1 Å². The van der Waals surface area contributed by atoms with Crippen LogP contribution in [-0.2, 0) is 10.0 Å². The molecule has 0 amide bonds. The van der Waals surface area contributed by atoms with E-state index in [1.165, 1.54) is 41.8 Å². The number of sulfonamides is 1. The third-order valence-electron chi connectivity index (χ3n) is 4.71. The molecule has 0 bridgehead atoms. The highest BCUT2D eigenvalue weighted by molar-refractivity contribution is 7.89. The molecule has 3 rings (SSSR count). The Labute approximate surface area is 119 Å². The maximum Gasteiger partial charge on any atom is 0.245 e. The molecular formula is C15H20FNO2S. The van der Waals surface area contributed by atoms with Crippen LogP contribution in [0.2, 0.25) is 0 Å². The summed E-state index contributed by atoms with van der Waals surface area (Å²) in [6.45, 7) is 1.08. The Morgan fingerprint density at radius 2 is 1.75 bits per heavy atom. The van der Waals surface area contributed by atoms with Gasteiger partial charge in [0.05, 0.1) is 0 Å². The van der Waals surface area contributed by atoms with Crippen LogP contribution in [0.25, 0.3) is 0 Å². The maximum absolute atomic E-state index is 13.8. The molecule has 2 fully saturated rings. The molecule has 1 aromatic carbocycles. The fraction of sp³-hybridized carbons (Fsp3) is 0.600. The summed E-state index contributed by atoms with van der Waals surface area (Å²) in [5.41, 5.74) is 0. The van der Waals surface area contributed by atoms with E-state index in [-0.39, 0.29) is 4.90 Å². The van der Waals surface area contributed by atoms with Crippen molar-refractivity contribution in [3.63, 3.8) is 0 Å². The normalized spacial score (nSPS) is 28.1. The van der Waals surface area contributed by atoms with Crippen molar-refractivity contribution in [2.45, 2.75) is 37.0 Å². The van der Waals surface area contributed by atoms with Crippen LogP contribution in [-0.4, -0.2) is 25.8 Å². The number of nitrogens with zero attached hydrogens (tertiary/aromatic N) is 1. The van der Waals surface area contributed by atoms with Crippen LogP contribution < -0.4 is 0 Å². The van der Waals surface area contributed by atoms with Crippen LogP contribution in [0, 0.1) is 17.7 Å². The van der Waals surface area contributed by atoms with Gasteiger partial charge in [-0.05, 0) is 36.8 Å². The summed E-state index contributed by atoms with van der Waals surface area (Å²) < 4.78 is 40.4. The minimum atomic E-state index is -3.68. The summed E-state index contributed by atoms with van der Waals surface area (Å²) in [5, 5.41) is 0. The van der Waals surface area contributed by atoms with Crippen LogP contribution in [0.3, 0.4) is 0 Å². The van der Waals surface area contributed by atoms with Crippen LogP contribution >= 0.6 is 0 Å². The summed E-state index contributed by atoms with van der Waals surface area (Å²) in [4.78, 5) is -0.186. The van der Waals surface area contributed by atoms with Crippen LogP contribution in [0.4, 0.5) is 4.39 Å². The first-order valence-electron chi connectivity index (χ1n) is 7.34. The second-order valence-corrected chi connectivity index (χ2v) is 7.79. The Morgan fingerprint density at radius 1 is 1.05 bits per heavy atom. The van der Waals surface area contributed by atoms with Gasteiger partial charge in [-0.15, -0.1) is 0 Å². The number of halogens is 1. The lowest BCUT2D eigenvalue weighted by atomic mass is 9.76. The number of benzene rings is 1. The van der Waals surface area contributed by atoms with Gasteiger partial charge in [0.15, 0.2) is 0 Å². The zero-order valence-corrected chi connectivity index (χ0v) is 12.3. The molecule has 1 aliphatic heterocycles. The number of fused-ring (bicyclic) bond motifs is 1. The average molecular weight is 297 g/mol. The highest BCUT2D eigenvalue weighted by Crippen LogP contribution is 2.37. The largest absolute Gasteiger partial charge is 0.245 e. The van der Waals surface area contributed by atoms with E-state index in [0.29, 0.717) is 24.9 Å². The van der Waals surface area contributed by atoms with Gasteiger partial charge in [-0.25, -0.2) is 12.8 Å². The smallest absolute Gasteiger partial charge is 0.207 e. The van der Waals surface area contributed by atoms with Crippen molar-refractivity contribution in [1.82, 2.24) is 4.31 Å². The van der Waals surface area contributed by atoms with Gasteiger partial charge >= 0.3 is 0 Å². The molecule has 0 spiro atoms. The average Bonchev–Trinajstić information content (AvgIpc) is 2.47. The molecule has 2 aliphatic rings. The predicted octanol–water partition coefficient (Wildman–Crippen LogP) is 3.03. The maximum atomic E-state index is 13.8. The Bertz CT molecular complexity index is 587. The molecule has 1 aliphatic carbocycles. The molecule has 3 nitrogen and oxygen atoms in total. The molecule has 1 aromatic rings. The molecular weight excluding hydrogens is 277 g/mol. The third-order valence-corrected chi connectivity index (χ3v) is 6.61. The van der Waals surface area contributed by atoms with E-state index >= 15 is 0 Å². The molecule has 110 valence electrons. The first kappa shape index (κ1) is 14.0. The molecule has 0 radical (unpaired) electrons. The molecule has 20 heavy (non-hydrogen) atoms. The first-order chi connectivity index (χ1) is 9.59. The highest BCUT2D eigenvalue weighted by atomic mass is 32.2. The van der Waals surface area contributed by atoms with E-state index in [9.17, 15) is 12.8 Å². The molecule has 1 heterocycles. The van der Waals surface area contributed by atoms with Crippen molar-refractivity contribution >= 4 is 10.0 Å². The Hall–Kier alpha value is -0.940. The summed E-state index contributed by atoms with van der Waals surface area (Å²) in [6, 6.07) is 5.66. The molecule has 0 N–H and O–H groups in total. The zero-order chi connectivity index (χ0) is 14.2. The molecule has 2 atom stereocenters.